The summed E-state index contributed by atoms with van der Waals surface area (Å²) < 4.78 is 31.2. The van der Waals surface area contributed by atoms with Crippen molar-refractivity contribution in [2.75, 3.05) is 28.3 Å². The molecule has 0 aliphatic heterocycles. The molecule has 0 heterocycles. The third kappa shape index (κ3) is 4.35. The molecule has 2 aromatic rings. The lowest BCUT2D eigenvalue weighted by Crippen LogP contribution is -2.27. The normalized spacial score (nSPS) is 11.5. The zero-order chi connectivity index (χ0) is 19.5. The van der Waals surface area contributed by atoms with Crippen molar-refractivity contribution in [2.45, 2.75) is 11.4 Å². The van der Waals surface area contributed by atoms with Crippen LogP contribution in [0.5, 0.6) is 5.75 Å². The third-order valence-corrected chi connectivity index (χ3v) is 5.94. The zero-order valence-electron chi connectivity index (χ0n) is 15.1. The largest absolute Gasteiger partial charge is 0.495 e. The molecular formula is C18H21ClN2O4S. The first-order valence-electron chi connectivity index (χ1n) is 7.77. The predicted octanol–water partition coefficient (Wildman–Crippen LogP) is 2.87. The van der Waals surface area contributed by atoms with Crippen LogP contribution in [0.2, 0.25) is 5.02 Å². The Morgan fingerprint density at radius 2 is 1.69 bits per heavy atom. The smallest absolute Gasteiger partial charge is 0.253 e. The lowest BCUT2D eigenvalue weighted by Gasteiger charge is -2.19. The van der Waals surface area contributed by atoms with Gasteiger partial charge in [0.1, 0.15) is 10.6 Å². The Balaban J connectivity index is 2.32. The summed E-state index contributed by atoms with van der Waals surface area (Å²) in [6, 6.07) is 11.6. The summed E-state index contributed by atoms with van der Waals surface area (Å²) >= 11 is 5.87. The van der Waals surface area contributed by atoms with Crippen molar-refractivity contribution in [3.8, 4) is 5.75 Å². The molecule has 0 fully saturated rings. The number of amides is 1. The maximum Gasteiger partial charge on any atom is 0.253 e. The van der Waals surface area contributed by atoms with E-state index in [4.69, 9.17) is 16.3 Å². The third-order valence-electron chi connectivity index (χ3n) is 3.85. The first-order chi connectivity index (χ1) is 12.2. The molecular weight excluding hydrogens is 376 g/mol. The molecule has 26 heavy (non-hydrogen) atoms. The SMILES string of the molecule is COc1ccc(C(=O)N(C)Cc2ccc(Cl)cc2)cc1S(=O)(=O)N(C)C. The van der Waals surface area contributed by atoms with Gasteiger partial charge in [0.15, 0.2) is 0 Å². The van der Waals surface area contributed by atoms with Gasteiger partial charge in [-0.05, 0) is 35.9 Å². The molecule has 0 aromatic heterocycles. The van der Waals surface area contributed by atoms with E-state index >= 15 is 0 Å². The van der Waals surface area contributed by atoms with Crippen molar-refractivity contribution >= 4 is 27.5 Å². The van der Waals surface area contributed by atoms with Crippen molar-refractivity contribution in [3.05, 3.63) is 58.6 Å². The molecule has 0 aliphatic rings. The van der Waals surface area contributed by atoms with Gasteiger partial charge in [-0.25, -0.2) is 12.7 Å². The maximum absolute atomic E-state index is 12.7. The molecule has 0 aliphatic carbocycles. The van der Waals surface area contributed by atoms with Crippen molar-refractivity contribution < 1.29 is 17.9 Å². The van der Waals surface area contributed by atoms with Gasteiger partial charge >= 0.3 is 0 Å². The molecule has 0 unspecified atom stereocenters. The van der Waals surface area contributed by atoms with E-state index in [0.717, 1.165) is 9.87 Å². The van der Waals surface area contributed by atoms with Crippen LogP contribution in [-0.4, -0.2) is 51.8 Å². The molecule has 0 atom stereocenters. The Morgan fingerprint density at radius 3 is 2.23 bits per heavy atom. The molecule has 2 aromatic carbocycles. The molecule has 0 radical (unpaired) electrons. The van der Waals surface area contributed by atoms with Gasteiger partial charge in [0.2, 0.25) is 10.0 Å². The first-order valence-corrected chi connectivity index (χ1v) is 9.59. The zero-order valence-corrected chi connectivity index (χ0v) is 16.6. The monoisotopic (exact) mass is 396 g/mol. The van der Waals surface area contributed by atoms with Crippen molar-refractivity contribution in [1.29, 1.82) is 0 Å². The molecule has 0 N–H and O–H groups in total. The van der Waals surface area contributed by atoms with E-state index < -0.39 is 10.0 Å². The van der Waals surface area contributed by atoms with Crippen LogP contribution in [0.15, 0.2) is 47.4 Å². The minimum absolute atomic E-state index is 0.0456. The van der Waals surface area contributed by atoms with E-state index in [9.17, 15) is 13.2 Å². The van der Waals surface area contributed by atoms with Crippen LogP contribution >= 0.6 is 11.6 Å². The average Bonchev–Trinajstić information content (AvgIpc) is 2.62. The summed E-state index contributed by atoms with van der Waals surface area (Å²) in [6.07, 6.45) is 0. The Morgan fingerprint density at radius 1 is 1.08 bits per heavy atom. The van der Waals surface area contributed by atoms with Crippen LogP contribution in [0, 0.1) is 0 Å². The van der Waals surface area contributed by atoms with E-state index in [1.54, 1.807) is 25.2 Å². The summed E-state index contributed by atoms with van der Waals surface area (Å²) in [4.78, 5) is 14.2. The summed E-state index contributed by atoms with van der Waals surface area (Å²) in [5.41, 5.74) is 1.18. The van der Waals surface area contributed by atoms with Gasteiger partial charge in [-0.3, -0.25) is 4.79 Å². The number of hydrogen-bond acceptors (Lipinski definition) is 4. The van der Waals surface area contributed by atoms with Crippen molar-refractivity contribution in [1.82, 2.24) is 9.21 Å². The van der Waals surface area contributed by atoms with E-state index in [1.807, 2.05) is 12.1 Å². The lowest BCUT2D eigenvalue weighted by atomic mass is 10.1. The van der Waals surface area contributed by atoms with Gasteiger partial charge in [-0.1, -0.05) is 23.7 Å². The van der Waals surface area contributed by atoms with E-state index in [-0.39, 0.29) is 22.1 Å². The highest BCUT2D eigenvalue weighted by atomic mass is 35.5. The van der Waals surface area contributed by atoms with Crippen molar-refractivity contribution in [3.63, 3.8) is 0 Å². The Bertz CT molecular complexity index is 896. The van der Waals surface area contributed by atoms with Crippen molar-refractivity contribution in [2.24, 2.45) is 0 Å². The molecule has 2 rings (SSSR count). The molecule has 0 bridgehead atoms. The number of carbonyl (C=O) groups excluding carboxylic acids is 1. The fourth-order valence-electron chi connectivity index (χ4n) is 2.36. The first kappa shape index (κ1) is 20.2. The van der Waals surface area contributed by atoms with Gasteiger partial charge in [-0.2, -0.15) is 0 Å². The number of ether oxygens (including phenoxy) is 1. The predicted molar refractivity (Wildman–Crippen MR) is 101 cm³/mol. The summed E-state index contributed by atoms with van der Waals surface area (Å²) in [5.74, 6) is -0.103. The fourth-order valence-corrected chi connectivity index (χ4v) is 3.56. The fraction of sp³-hybridized carbons (Fsp3) is 0.278. The highest BCUT2D eigenvalue weighted by Gasteiger charge is 2.24. The van der Waals surface area contributed by atoms with Crippen LogP contribution in [0.4, 0.5) is 0 Å². The number of sulfonamides is 1. The van der Waals surface area contributed by atoms with Gasteiger partial charge in [-0.15, -0.1) is 0 Å². The molecule has 8 heteroatoms. The summed E-state index contributed by atoms with van der Waals surface area (Å²) in [6.45, 7) is 0.373. The molecule has 6 nitrogen and oxygen atoms in total. The van der Waals surface area contributed by atoms with E-state index in [0.29, 0.717) is 11.6 Å². The molecule has 0 spiro atoms. The number of hydrogen-bond donors (Lipinski definition) is 0. The molecule has 0 saturated carbocycles. The highest BCUT2D eigenvalue weighted by molar-refractivity contribution is 7.89. The molecule has 0 saturated heterocycles. The number of benzene rings is 2. The van der Waals surface area contributed by atoms with Gasteiger partial charge in [0.05, 0.1) is 7.11 Å². The molecule has 1 amide bonds. The van der Waals surface area contributed by atoms with Crippen LogP contribution in [0.1, 0.15) is 15.9 Å². The second-order valence-corrected chi connectivity index (χ2v) is 8.50. The topological polar surface area (TPSA) is 66.9 Å². The summed E-state index contributed by atoms with van der Waals surface area (Å²) in [5, 5.41) is 0.622. The van der Waals surface area contributed by atoms with Crippen LogP contribution in [0.25, 0.3) is 0 Å². The minimum Gasteiger partial charge on any atom is -0.495 e. The Labute approximate surface area is 159 Å². The standard InChI is InChI=1S/C18H21ClN2O4S/c1-20(2)26(23,24)17-11-14(7-10-16(17)25-4)18(22)21(3)12-13-5-8-15(19)9-6-13/h5-11H,12H2,1-4H3. The Hall–Kier alpha value is -2.09. The Kier molecular flexibility index (Phi) is 6.28. The minimum atomic E-state index is -3.74. The average molecular weight is 397 g/mol. The number of rotatable bonds is 6. The lowest BCUT2D eigenvalue weighted by molar-refractivity contribution is 0.0785. The molecule has 140 valence electrons. The van der Waals surface area contributed by atoms with Crippen LogP contribution < -0.4 is 4.74 Å². The van der Waals surface area contributed by atoms with E-state index in [2.05, 4.69) is 0 Å². The number of halogens is 1. The van der Waals surface area contributed by atoms with E-state index in [1.165, 1.54) is 38.2 Å². The van der Waals surface area contributed by atoms with Gasteiger partial charge < -0.3 is 9.64 Å². The van der Waals surface area contributed by atoms with Crippen LogP contribution in [0.3, 0.4) is 0 Å². The van der Waals surface area contributed by atoms with Gasteiger partial charge in [0.25, 0.3) is 5.91 Å². The summed E-state index contributed by atoms with van der Waals surface area (Å²) in [7, 11) is 2.15. The number of nitrogens with zero attached hydrogens (tertiary/aromatic N) is 2. The number of carbonyl (C=O) groups is 1. The highest BCUT2D eigenvalue weighted by Crippen LogP contribution is 2.27. The maximum atomic E-state index is 12.7. The van der Waals surface area contributed by atoms with Gasteiger partial charge in [0, 0.05) is 38.3 Å². The number of methoxy groups -OCH3 is 1. The second-order valence-electron chi connectivity index (χ2n) is 5.94. The second kappa shape index (κ2) is 8.07. The van der Waals surface area contributed by atoms with Crippen LogP contribution in [-0.2, 0) is 16.6 Å². The quantitative estimate of drug-likeness (QED) is 0.753.